The predicted octanol–water partition coefficient (Wildman–Crippen LogP) is 1.81. The Balaban J connectivity index is 1.90. The van der Waals surface area contributed by atoms with Crippen LogP contribution in [0.25, 0.3) is 0 Å². The maximum Gasteiger partial charge on any atom is 0.236 e. The zero-order valence-corrected chi connectivity index (χ0v) is 11.4. The molecule has 17 heavy (non-hydrogen) atoms. The summed E-state index contributed by atoms with van der Waals surface area (Å²) >= 11 is 3.46. The smallest absolute Gasteiger partial charge is 0.236 e. The van der Waals surface area contributed by atoms with Crippen molar-refractivity contribution in [3.63, 3.8) is 0 Å². The van der Waals surface area contributed by atoms with Gasteiger partial charge in [-0.15, -0.1) is 0 Å². The molecule has 2 rings (SSSR count). The number of benzene rings is 1. The van der Waals surface area contributed by atoms with Gasteiger partial charge < -0.3 is 10.2 Å². The monoisotopic (exact) mass is 296 g/mol. The molecule has 92 valence electrons. The molecular formula is C13H17BrN2O. The van der Waals surface area contributed by atoms with Gasteiger partial charge in [0, 0.05) is 17.6 Å². The SMILES string of the molecule is O=C1CNCCCN1CCc1cccc(Br)c1. The largest absolute Gasteiger partial charge is 0.341 e. The Kier molecular flexibility index (Phi) is 4.57. The number of nitrogens with zero attached hydrogens (tertiary/aromatic N) is 1. The summed E-state index contributed by atoms with van der Waals surface area (Å²) in [6.45, 7) is 3.12. The van der Waals surface area contributed by atoms with E-state index in [1.54, 1.807) is 0 Å². The van der Waals surface area contributed by atoms with E-state index in [0.29, 0.717) is 6.54 Å². The van der Waals surface area contributed by atoms with E-state index in [2.05, 4.69) is 33.4 Å². The minimum atomic E-state index is 0.220. The maximum atomic E-state index is 11.8. The van der Waals surface area contributed by atoms with Crippen LogP contribution in [-0.4, -0.2) is 37.0 Å². The van der Waals surface area contributed by atoms with E-state index >= 15 is 0 Å². The average Bonchev–Trinajstić information content (AvgIpc) is 2.52. The molecule has 1 aliphatic heterocycles. The number of halogens is 1. The topological polar surface area (TPSA) is 32.3 Å². The Morgan fingerprint density at radius 2 is 2.29 bits per heavy atom. The minimum Gasteiger partial charge on any atom is -0.341 e. The van der Waals surface area contributed by atoms with Gasteiger partial charge in [-0.25, -0.2) is 0 Å². The van der Waals surface area contributed by atoms with Crippen molar-refractivity contribution in [3.05, 3.63) is 34.3 Å². The minimum absolute atomic E-state index is 0.220. The second kappa shape index (κ2) is 6.17. The van der Waals surface area contributed by atoms with Gasteiger partial charge in [0.15, 0.2) is 0 Å². The Morgan fingerprint density at radius 1 is 1.41 bits per heavy atom. The first kappa shape index (κ1) is 12.6. The lowest BCUT2D eigenvalue weighted by atomic mass is 10.1. The molecule has 0 aromatic heterocycles. The van der Waals surface area contributed by atoms with E-state index in [0.717, 1.165) is 36.9 Å². The third kappa shape index (κ3) is 3.82. The van der Waals surface area contributed by atoms with Crippen molar-refractivity contribution in [2.45, 2.75) is 12.8 Å². The third-order valence-electron chi connectivity index (χ3n) is 2.97. The lowest BCUT2D eigenvalue weighted by Gasteiger charge is -2.20. The van der Waals surface area contributed by atoms with Crippen molar-refractivity contribution in [2.75, 3.05) is 26.2 Å². The lowest BCUT2D eigenvalue weighted by Crippen LogP contribution is -2.36. The molecule has 1 saturated heterocycles. The second-order valence-corrected chi connectivity index (χ2v) is 5.21. The highest BCUT2D eigenvalue weighted by atomic mass is 79.9. The average molecular weight is 297 g/mol. The van der Waals surface area contributed by atoms with Crippen LogP contribution in [0, 0.1) is 0 Å². The van der Waals surface area contributed by atoms with Gasteiger partial charge in [-0.2, -0.15) is 0 Å². The molecule has 0 bridgehead atoms. The van der Waals surface area contributed by atoms with Crippen LogP contribution in [0.5, 0.6) is 0 Å². The van der Waals surface area contributed by atoms with Crippen LogP contribution >= 0.6 is 15.9 Å². The van der Waals surface area contributed by atoms with Gasteiger partial charge >= 0.3 is 0 Å². The first-order chi connectivity index (χ1) is 8.25. The van der Waals surface area contributed by atoms with Crippen LogP contribution in [0.3, 0.4) is 0 Å². The zero-order chi connectivity index (χ0) is 12.1. The quantitative estimate of drug-likeness (QED) is 0.923. The summed E-state index contributed by atoms with van der Waals surface area (Å²) in [6, 6.07) is 8.27. The molecule has 0 unspecified atom stereocenters. The van der Waals surface area contributed by atoms with Crippen molar-refractivity contribution < 1.29 is 4.79 Å². The molecule has 1 fully saturated rings. The molecule has 0 radical (unpaired) electrons. The number of amides is 1. The molecule has 1 aromatic rings. The van der Waals surface area contributed by atoms with E-state index in [4.69, 9.17) is 0 Å². The standard InChI is InChI=1S/C13H17BrN2O/c14-12-4-1-3-11(9-12)5-8-16-7-2-6-15-10-13(16)17/h1,3-4,9,15H,2,5-8,10H2. The van der Waals surface area contributed by atoms with Gasteiger partial charge in [0.2, 0.25) is 5.91 Å². The number of hydrogen-bond donors (Lipinski definition) is 1. The summed E-state index contributed by atoms with van der Waals surface area (Å²) in [6.07, 6.45) is 1.97. The van der Waals surface area contributed by atoms with Crippen molar-refractivity contribution in [1.29, 1.82) is 0 Å². The summed E-state index contributed by atoms with van der Waals surface area (Å²) < 4.78 is 1.10. The molecular weight excluding hydrogens is 280 g/mol. The molecule has 1 heterocycles. The highest BCUT2D eigenvalue weighted by Crippen LogP contribution is 2.12. The van der Waals surface area contributed by atoms with Gasteiger partial charge in [0.05, 0.1) is 6.54 Å². The lowest BCUT2D eigenvalue weighted by molar-refractivity contribution is -0.129. The summed E-state index contributed by atoms with van der Waals surface area (Å²) in [5, 5.41) is 3.14. The summed E-state index contributed by atoms with van der Waals surface area (Å²) in [7, 11) is 0. The molecule has 1 amide bonds. The van der Waals surface area contributed by atoms with Crippen LogP contribution in [0.1, 0.15) is 12.0 Å². The van der Waals surface area contributed by atoms with Crippen LogP contribution in [0.2, 0.25) is 0 Å². The zero-order valence-electron chi connectivity index (χ0n) is 9.79. The molecule has 0 aliphatic carbocycles. The van der Waals surface area contributed by atoms with Gasteiger partial charge in [-0.05, 0) is 37.1 Å². The van der Waals surface area contributed by atoms with E-state index in [9.17, 15) is 4.79 Å². The molecule has 0 spiro atoms. The Labute approximate surface area is 110 Å². The Hall–Kier alpha value is -0.870. The second-order valence-electron chi connectivity index (χ2n) is 4.29. The van der Waals surface area contributed by atoms with Crippen LogP contribution in [0.4, 0.5) is 0 Å². The van der Waals surface area contributed by atoms with Crippen molar-refractivity contribution in [2.24, 2.45) is 0 Å². The Morgan fingerprint density at radius 3 is 3.12 bits per heavy atom. The van der Waals surface area contributed by atoms with Gasteiger partial charge in [-0.1, -0.05) is 28.1 Å². The van der Waals surface area contributed by atoms with Crippen LogP contribution in [-0.2, 0) is 11.2 Å². The highest BCUT2D eigenvalue weighted by Gasteiger charge is 2.15. The summed E-state index contributed by atoms with van der Waals surface area (Å²) in [5.41, 5.74) is 1.27. The number of rotatable bonds is 3. The first-order valence-electron chi connectivity index (χ1n) is 5.98. The Bertz CT molecular complexity index is 395. The van der Waals surface area contributed by atoms with E-state index < -0.39 is 0 Å². The normalized spacial score (nSPS) is 17.0. The fraction of sp³-hybridized carbons (Fsp3) is 0.462. The number of nitrogens with one attached hydrogen (secondary N) is 1. The molecule has 0 atom stereocenters. The third-order valence-corrected chi connectivity index (χ3v) is 3.46. The maximum absolute atomic E-state index is 11.8. The summed E-state index contributed by atoms with van der Waals surface area (Å²) in [5.74, 6) is 0.220. The van der Waals surface area contributed by atoms with Gasteiger partial charge in [0.25, 0.3) is 0 Å². The number of hydrogen-bond acceptors (Lipinski definition) is 2. The van der Waals surface area contributed by atoms with Crippen molar-refractivity contribution in [3.8, 4) is 0 Å². The van der Waals surface area contributed by atoms with Crippen molar-refractivity contribution >= 4 is 21.8 Å². The number of carbonyl (C=O) groups is 1. The fourth-order valence-corrected chi connectivity index (χ4v) is 2.47. The predicted molar refractivity (Wildman–Crippen MR) is 71.9 cm³/mol. The molecule has 0 saturated carbocycles. The molecule has 4 heteroatoms. The van der Waals surface area contributed by atoms with Crippen LogP contribution < -0.4 is 5.32 Å². The molecule has 1 aliphatic rings. The summed E-state index contributed by atoms with van der Waals surface area (Å²) in [4.78, 5) is 13.7. The molecule has 1 N–H and O–H groups in total. The fourth-order valence-electron chi connectivity index (χ4n) is 2.02. The van der Waals surface area contributed by atoms with Crippen molar-refractivity contribution in [1.82, 2.24) is 10.2 Å². The first-order valence-corrected chi connectivity index (χ1v) is 6.78. The van der Waals surface area contributed by atoms with Gasteiger partial charge in [-0.3, -0.25) is 4.79 Å². The van der Waals surface area contributed by atoms with E-state index in [-0.39, 0.29) is 5.91 Å². The van der Waals surface area contributed by atoms with Crippen LogP contribution in [0.15, 0.2) is 28.7 Å². The molecule has 3 nitrogen and oxygen atoms in total. The van der Waals surface area contributed by atoms with E-state index in [1.165, 1.54) is 5.56 Å². The van der Waals surface area contributed by atoms with E-state index in [1.807, 2.05) is 17.0 Å². The van der Waals surface area contributed by atoms with Gasteiger partial charge in [0.1, 0.15) is 0 Å². The highest BCUT2D eigenvalue weighted by molar-refractivity contribution is 9.10. The number of carbonyl (C=O) groups excluding carboxylic acids is 1. The molecule has 1 aromatic carbocycles.